The Bertz CT molecular complexity index is 355. The quantitative estimate of drug-likeness (QED) is 0.799. The third-order valence-corrected chi connectivity index (χ3v) is 2.09. The lowest BCUT2D eigenvalue weighted by Crippen LogP contribution is -2.10. The Labute approximate surface area is 83.4 Å². The summed E-state index contributed by atoms with van der Waals surface area (Å²) < 4.78 is 13.1. The Kier molecular flexibility index (Phi) is 3.47. The average molecular weight is 192 g/mol. The molecule has 0 spiro atoms. The molecule has 0 aromatic heterocycles. The Morgan fingerprint density at radius 1 is 1.57 bits per heavy atom. The van der Waals surface area contributed by atoms with Crippen LogP contribution in [0.1, 0.15) is 12.5 Å². The second-order valence-corrected chi connectivity index (χ2v) is 3.32. The van der Waals surface area contributed by atoms with Gasteiger partial charge in [0.05, 0.1) is 12.0 Å². The highest BCUT2D eigenvalue weighted by Crippen LogP contribution is 2.17. The third kappa shape index (κ3) is 2.46. The summed E-state index contributed by atoms with van der Waals surface area (Å²) in [7, 11) is 0. The van der Waals surface area contributed by atoms with Gasteiger partial charge in [0.2, 0.25) is 0 Å². The smallest absolute Gasteiger partial charge is 0.128 e. The first-order valence-corrected chi connectivity index (χ1v) is 4.53. The van der Waals surface area contributed by atoms with Crippen LogP contribution < -0.4 is 5.32 Å². The standard InChI is InChI=1S/C11H13FN2/c1-8(6-13)7-14-11-5-3-4-10(12)9(11)2/h3-5,8,14H,7H2,1-2H3. The second kappa shape index (κ2) is 4.61. The lowest BCUT2D eigenvalue weighted by molar-refractivity contribution is 0.618. The first-order valence-electron chi connectivity index (χ1n) is 4.53. The molecule has 74 valence electrons. The van der Waals surface area contributed by atoms with Crippen LogP contribution in [0.5, 0.6) is 0 Å². The molecule has 1 rings (SSSR count). The first-order chi connectivity index (χ1) is 6.65. The van der Waals surface area contributed by atoms with Crippen LogP contribution in [-0.2, 0) is 0 Å². The largest absolute Gasteiger partial charge is 0.383 e. The van der Waals surface area contributed by atoms with Crippen molar-refractivity contribution in [3.63, 3.8) is 0 Å². The summed E-state index contributed by atoms with van der Waals surface area (Å²) in [5.74, 6) is -0.294. The zero-order chi connectivity index (χ0) is 10.6. The molecule has 1 unspecified atom stereocenters. The lowest BCUT2D eigenvalue weighted by Gasteiger charge is -2.10. The molecular weight excluding hydrogens is 179 g/mol. The summed E-state index contributed by atoms with van der Waals surface area (Å²) in [5, 5.41) is 11.6. The van der Waals surface area contributed by atoms with Crippen LogP contribution in [0.2, 0.25) is 0 Å². The SMILES string of the molecule is Cc1c(F)cccc1NCC(C)C#N. The van der Waals surface area contributed by atoms with E-state index in [0.717, 1.165) is 5.69 Å². The van der Waals surface area contributed by atoms with E-state index in [1.54, 1.807) is 13.0 Å². The number of anilines is 1. The van der Waals surface area contributed by atoms with Crippen molar-refractivity contribution in [3.05, 3.63) is 29.6 Å². The molecule has 0 aliphatic rings. The lowest BCUT2D eigenvalue weighted by atomic mass is 10.1. The number of halogens is 1. The van der Waals surface area contributed by atoms with Gasteiger partial charge in [-0.1, -0.05) is 6.07 Å². The number of benzene rings is 1. The van der Waals surface area contributed by atoms with Gasteiger partial charge in [-0.3, -0.25) is 0 Å². The minimum Gasteiger partial charge on any atom is -0.383 e. The van der Waals surface area contributed by atoms with Crippen molar-refractivity contribution in [2.45, 2.75) is 13.8 Å². The van der Waals surface area contributed by atoms with Gasteiger partial charge in [-0.25, -0.2) is 4.39 Å². The summed E-state index contributed by atoms with van der Waals surface area (Å²) in [6, 6.07) is 7.00. The van der Waals surface area contributed by atoms with Gasteiger partial charge in [0.1, 0.15) is 5.82 Å². The van der Waals surface area contributed by atoms with Gasteiger partial charge < -0.3 is 5.32 Å². The fourth-order valence-corrected chi connectivity index (χ4v) is 1.11. The zero-order valence-electron chi connectivity index (χ0n) is 8.34. The number of nitrogens with one attached hydrogen (secondary N) is 1. The Balaban J connectivity index is 2.69. The van der Waals surface area contributed by atoms with Crippen LogP contribution in [0.25, 0.3) is 0 Å². The maximum atomic E-state index is 13.1. The fraction of sp³-hybridized carbons (Fsp3) is 0.364. The summed E-state index contributed by atoms with van der Waals surface area (Å²) >= 11 is 0. The van der Waals surface area contributed by atoms with Crippen molar-refractivity contribution in [2.75, 3.05) is 11.9 Å². The summed E-state index contributed by atoms with van der Waals surface area (Å²) in [5.41, 5.74) is 1.35. The second-order valence-electron chi connectivity index (χ2n) is 3.32. The molecule has 3 heteroatoms. The molecule has 1 N–H and O–H groups in total. The normalized spacial score (nSPS) is 11.9. The van der Waals surface area contributed by atoms with Gasteiger partial charge in [-0.05, 0) is 26.0 Å². The predicted octanol–water partition coefficient (Wildman–Crippen LogP) is 2.71. The number of hydrogen-bond acceptors (Lipinski definition) is 2. The van der Waals surface area contributed by atoms with E-state index in [2.05, 4.69) is 11.4 Å². The van der Waals surface area contributed by atoms with E-state index in [9.17, 15) is 4.39 Å². The van der Waals surface area contributed by atoms with Crippen molar-refractivity contribution in [1.82, 2.24) is 0 Å². The number of nitrogens with zero attached hydrogens (tertiary/aromatic N) is 1. The summed E-state index contributed by atoms with van der Waals surface area (Å²) in [4.78, 5) is 0. The van der Waals surface area contributed by atoms with E-state index >= 15 is 0 Å². The van der Waals surface area contributed by atoms with Gasteiger partial charge in [0.15, 0.2) is 0 Å². The average Bonchev–Trinajstić information content (AvgIpc) is 2.20. The van der Waals surface area contributed by atoms with Gasteiger partial charge in [-0.2, -0.15) is 5.26 Å². The van der Waals surface area contributed by atoms with Gasteiger partial charge in [0, 0.05) is 17.8 Å². The molecule has 1 aromatic rings. The van der Waals surface area contributed by atoms with E-state index in [1.807, 2.05) is 13.0 Å². The topological polar surface area (TPSA) is 35.8 Å². The van der Waals surface area contributed by atoms with Crippen LogP contribution in [0.4, 0.5) is 10.1 Å². The number of rotatable bonds is 3. The Morgan fingerprint density at radius 2 is 2.29 bits per heavy atom. The van der Waals surface area contributed by atoms with Crippen LogP contribution in [-0.4, -0.2) is 6.54 Å². The van der Waals surface area contributed by atoms with E-state index in [4.69, 9.17) is 5.26 Å². The fourth-order valence-electron chi connectivity index (χ4n) is 1.11. The van der Waals surface area contributed by atoms with Crippen molar-refractivity contribution >= 4 is 5.69 Å². The van der Waals surface area contributed by atoms with Crippen LogP contribution in [0, 0.1) is 30.0 Å². The maximum Gasteiger partial charge on any atom is 0.128 e. The molecule has 0 aliphatic heterocycles. The summed E-state index contributed by atoms with van der Waals surface area (Å²) in [6.07, 6.45) is 0. The maximum absolute atomic E-state index is 13.1. The van der Waals surface area contributed by atoms with E-state index in [0.29, 0.717) is 12.1 Å². The van der Waals surface area contributed by atoms with Gasteiger partial charge in [-0.15, -0.1) is 0 Å². The monoisotopic (exact) mass is 192 g/mol. The van der Waals surface area contributed by atoms with Gasteiger partial charge >= 0.3 is 0 Å². The minimum absolute atomic E-state index is 0.0716. The molecule has 1 atom stereocenters. The molecule has 0 radical (unpaired) electrons. The van der Waals surface area contributed by atoms with E-state index < -0.39 is 0 Å². The molecule has 2 nitrogen and oxygen atoms in total. The molecule has 0 saturated heterocycles. The van der Waals surface area contributed by atoms with Crippen molar-refractivity contribution in [3.8, 4) is 6.07 Å². The van der Waals surface area contributed by atoms with E-state index in [1.165, 1.54) is 6.07 Å². The molecule has 0 heterocycles. The highest BCUT2D eigenvalue weighted by molar-refractivity contribution is 5.50. The van der Waals surface area contributed by atoms with E-state index in [-0.39, 0.29) is 11.7 Å². The molecule has 0 aliphatic carbocycles. The summed E-state index contributed by atoms with van der Waals surface area (Å²) in [6.45, 7) is 4.08. The molecule has 0 amide bonds. The van der Waals surface area contributed by atoms with Crippen LogP contribution in [0.15, 0.2) is 18.2 Å². The minimum atomic E-state index is -0.223. The van der Waals surface area contributed by atoms with Crippen LogP contribution >= 0.6 is 0 Å². The van der Waals surface area contributed by atoms with Crippen molar-refractivity contribution in [1.29, 1.82) is 5.26 Å². The van der Waals surface area contributed by atoms with Gasteiger partial charge in [0.25, 0.3) is 0 Å². The third-order valence-electron chi connectivity index (χ3n) is 2.09. The predicted molar refractivity (Wildman–Crippen MR) is 54.4 cm³/mol. The molecule has 0 bridgehead atoms. The van der Waals surface area contributed by atoms with Crippen molar-refractivity contribution in [2.24, 2.45) is 5.92 Å². The number of nitriles is 1. The molecular formula is C11H13FN2. The molecule has 14 heavy (non-hydrogen) atoms. The molecule has 0 fully saturated rings. The Morgan fingerprint density at radius 3 is 2.93 bits per heavy atom. The molecule has 1 aromatic carbocycles. The number of hydrogen-bond donors (Lipinski definition) is 1. The Hall–Kier alpha value is -1.56. The zero-order valence-corrected chi connectivity index (χ0v) is 8.34. The first kappa shape index (κ1) is 10.5. The van der Waals surface area contributed by atoms with Crippen LogP contribution in [0.3, 0.4) is 0 Å². The molecule has 0 saturated carbocycles. The van der Waals surface area contributed by atoms with Crippen molar-refractivity contribution < 1.29 is 4.39 Å². The highest BCUT2D eigenvalue weighted by Gasteiger charge is 2.04. The highest BCUT2D eigenvalue weighted by atomic mass is 19.1.